The maximum Gasteiger partial charge on any atom is 0.164 e. The van der Waals surface area contributed by atoms with Gasteiger partial charge in [0.2, 0.25) is 0 Å². The van der Waals surface area contributed by atoms with Crippen molar-refractivity contribution in [3.05, 3.63) is 237 Å². The van der Waals surface area contributed by atoms with Crippen LogP contribution in [0.15, 0.2) is 237 Å². The molecule has 0 fully saturated rings. The van der Waals surface area contributed by atoms with Crippen LogP contribution in [0.3, 0.4) is 0 Å². The van der Waals surface area contributed by atoms with Gasteiger partial charge in [-0.05, 0) is 97.1 Å². The van der Waals surface area contributed by atoms with E-state index in [1.807, 2.05) is 36.4 Å². The van der Waals surface area contributed by atoms with E-state index in [4.69, 9.17) is 15.0 Å². The Hall–Kier alpha value is -8.01. The van der Waals surface area contributed by atoms with E-state index in [9.17, 15) is 0 Å². The van der Waals surface area contributed by atoms with Crippen LogP contribution < -0.4 is 0 Å². The molecule has 10 aromatic rings. The van der Waals surface area contributed by atoms with E-state index in [1.165, 1.54) is 11.1 Å². The normalized spacial score (nSPS) is 11.0. The highest BCUT2D eigenvalue weighted by Gasteiger charge is 2.19. The summed E-state index contributed by atoms with van der Waals surface area (Å²) in [6.07, 6.45) is 0. The predicted octanol–water partition coefficient (Wildman–Crippen LogP) is 14.9. The highest BCUT2D eigenvalue weighted by Crippen LogP contribution is 2.42. The topological polar surface area (TPSA) is 38.7 Å². The Labute approximate surface area is 351 Å². The molecule has 3 nitrogen and oxygen atoms in total. The molecule has 0 bridgehead atoms. The van der Waals surface area contributed by atoms with Crippen LogP contribution in [0.4, 0.5) is 0 Å². The summed E-state index contributed by atoms with van der Waals surface area (Å²) >= 11 is 0. The average molecular weight is 766 g/mol. The summed E-state index contributed by atoms with van der Waals surface area (Å²) < 4.78 is 0. The maximum atomic E-state index is 5.22. The monoisotopic (exact) mass is 765 g/mol. The van der Waals surface area contributed by atoms with E-state index in [-0.39, 0.29) is 0 Å². The van der Waals surface area contributed by atoms with Gasteiger partial charge in [-0.25, -0.2) is 15.0 Å². The van der Waals surface area contributed by atoms with Crippen molar-refractivity contribution in [2.75, 3.05) is 0 Å². The Bertz CT molecular complexity index is 2840. The van der Waals surface area contributed by atoms with E-state index in [0.29, 0.717) is 17.5 Å². The van der Waals surface area contributed by atoms with Crippen molar-refractivity contribution < 1.29 is 0 Å². The lowest BCUT2D eigenvalue weighted by atomic mass is 9.86. The number of benzene rings is 9. The summed E-state index contributed by atoms with van der Waals surface area (Å²) in [5.41, 5.74) is 16.4. The molecule has 0 aliphatic rings. The molecule has 0 radical (unpaired) electrons. The number of aromatic nitrogens is 3. The van der Waals surface area contributed by atoms with Crippen LogP contribution in [0.2, 0.25) is 0 Å². The molecule has 0 unspecified atom stereocenters. The first kappa shape index (κ1) is 36.3. The lowest BCUT2D eigenvalue weighted by molar-refractivity contribution is 1.07. The Morgan fingerprint density at radius 2 is 0.450 bits per heavy atom. The second-order valence-corrected chi connectivity index (χ2v) is 14.8. The third-order valence-electron chi connectivity index (χ3n) is 10.9. The van der Waals surface area contributed by atoms with Crippen LogP contribution in [0, 0.1) is 0 Å². The van der Waals surface area contributed by atoms with E-state index in [2.05, 4.69) is 200 Å². The molecule has 0 aliphatic heterocycles. The molecule has 10 rings (SSSR count). The van der Waals surface area contributed by atoms with Gasteiger partial charge in [-0.2, -0.15) is 0 Å². The van der Waals surface area contributed by atoms with Gasteiger partial charge < -0.3 is 0 Å². The van der Waals surface area contributed by atoms with Crippen molar-refractivity contribution in [3.8, 4) is 101 Å². The standard InChI is InChI=1S/C57H39N3/c1-7-19-40(20-8-1)46-31-33-51(53(38-46)42-23-11-3-12-24-42)48-35-49(52-34-32-47(41-21-9-2-10-22-41)39-54(52)43-25-13-4-14-26-43)37-50(36-48)57-59-55(44-27-15-5-16-28-44)58-56(60-57)45-29-17-6-18-30-45/h1-39H. The highest BCUT2D eigenvalue weighted by atomic mass is 15.0. The molecule has 9 aromatic carbocycles. The molecule has 0 N–H and O–H groups in total. The molecule has 0 saturated carbocycles. The first-order chi connectivity index (χ1) is 29.7. The van der Waals surface area contributed by atoms with Gasteiger partial charge in [0.05, 0.1) is 0 Å². The Kier molecular flexibility index (Phi) is 9.97. The lowest BCUT2D eigenvalue weighted by Gasteiger charge is -2.18. The van der Waals surface area contributed by atoms with Crippen LogP contribution in [0.5, 0.6) is 0 Å². The van der Waals surface area contributed by atoms with Gasteiger partial charge in [0.15, 0.2) is 17.5 Å². The maximum absolute atomic E-state index is 5.22. The minimum absolute atomic E-state index is 0.607. The summed E-state index contributed by atoms with van der Waals surface area (Å²) in [5, 5.41) is 0. The second-order valence-electron chi connectivity index (χ2n) is 14.8. The predicted molar refractivity (Wildman–Crippen MR) is 249 cm³/mol. The van der Waals surface area contributed by atoms with Crippen molar-refractivity contribution >= 4 is 0 Å². The minimum Gasteiger partial charge on any atom is -0.208 e. The molecular formula is C57H39N3. The zero-order valence-corrected chi connectivity index (χ0v) is 32.9. The largest absolute Gasteiger partial charge is 0.208 e. The molecule has 0 aliphatic carbocycles. The number of hydrogen-bond acceptors (Lipinski definition) is 3. The van der Waals surface area contributed by atoms with Crippen molar-refractivity contribution in [1.29, 1.82) is 0 Å². The van der Waals surface area contributed by atoms with Gasteiger partial charge in [-0.1, -0.05) is 206 Å². The van der Waals surface area contributed by atoms with Gasteiger partial charge >= 0.3 is 0 Å². The van der Waals surface area contributed by atoms with Crippen LogP contribution in [-0.4, -0.2) is 15.0 Å². The molecule has 0 saturated heterocycles. The Morgan fingerprint density at radius 3 is 0.800 bits per heavy atom. The van der Waals surface area contributed by atoms with Crippen molar-refractivity contribution in [1.82, 2.24) is 15.0 Å². The SMILES string of the molecule is c1ccc(-c2ccc(-c3cc(-c4nc(-c5ccccc5)nc(-c5ccccc5)n4)cc(-c4ccc(-c5ccccc5)cc4-c4ccccc4)c3)c(-c3ccccc3)c2)cc1. The average Bonchev–Trinajstić information content (AvgIpc) is 3.35. The summed E-state index contributed by atoms with van der Waals surface area (Å²) in [4.78, 5) is 15.5. The summed E-state index contributed by atoms with van der Waals surface area (Å²) in [7, 11) is 0. The van der Waals surface area contributed by atoms with Gasteiger partial charge in [-0.15, -0.1) is 0 Å². The summed E-state index contributed by atoms with van der Waals surface area (Å²) in [6, 6.07) is 83.3. The van der Waals surface area contributed by atoms with E-state index in [1.54, 1.807) is 0 Å². The van der Waals surface area contributed by atoms with Crippen LogP contribution in [0.1, 0.15) is 0 Å². The molecule has 0 spiro atoms. The van der Waals surface area contributed by atoms with Crippen LogP contribution >= 0.6 is 0 Å². The van der Waals surface area contributed by atoms with Gasteiger partial charge in [-0.3, -0.25) is 0 Å². The molecule has 3 heteroatoms. The van der Waals surface area contributed by atoms with Crippen molar-refractivity contribution in [3.63, 3.8) is 0 Å². The minimum atomic E-state index is 0.607. The molecular weight excluding hydrogens is 727 g/mol. The molecule has 0 amide bonds. The van der Waals surface area contributed by atoms with Crippen LogP contribution in [-0.2, 0) is 0 Å². The fourth-order valence-electron chi connectivity index (χ4n) is 7.93. The van der Waals surface area contributed by atoms with Crippen LogP contribution in [0.25, 0.3) is 101 Å². The number of hydrogen-bond donors (Lipinski definition) is 0. The number of rotatable bonds is 9. The van der Waals surface area contributed by atoms with E-state index >= 15 is 0 Å². The van der Waals surface area contributed by atoms with Gasteiger partial charge in [0, 0.05) is 16.7 Å². The summed E-state index contributed by atoms with van der Waals surface area (Å²) in [5.74, 6) is 1.86. The van der Waals surface area contributed by atoms with Gasteiger partial charge in [0.25, 0.3) is 0 Å². The Morgan fingerprint density at radius 1 is 0.167 bits per heavy atom. The van der Waals surface area contributed by atoms with Crippen molar-refractivity contribution in [2.45, 2.75) is 0 Å². The zero-order chi connectivity index (χ0) is 40.1. The smallest absolute Gasteiger partial charge is 0.164 e. The van der Waals surface area contributed by atoms with E-state index in [0.717, 1.165) is 72.3 Å². The van der Waals surface area contributed by atoms with Crippen molar-refractivity contribution in [2.24, 2.45) is 0 Å². The first-order valence-corrected chi connectivity index (χ1v) is 20.3. The fourth-order valence-corrected chi connectivity index (χ4v) is 7.93. The van der Waals surface area contributed by atoms with Gasteiger partial charge in [0.1, 0.15) is 0 Å². The molecule has 1 aromatic heterocycles. The highest BCUT2D eigenvalue weighted by molar-refractivity contribution is 5.94. The second kappa shape index (κ2) is 16.5. The first-order valence-electron chi connectivity index (χ1n) is 20.3. The third kappa shape index (κ3) is 7.56. The number of nitrogens with zero attached hydrogens (tertiary/aromatic N) is 3. The zero-order valence-electron chi connectivity index (χ0n) is 32.9. The Balaban J connectivity index is 1.24. The summed E-state index contributed by atoms with van der Waals surface area (Å²) in [6.45, 7) is 0. The molecule has 60 heavy (non-hydrogen) atoms. The van der Waals surface area contributed by atoms with E-state index < -0.39 is 0 Å². The third-order valence-corrected chi connectivity index (χ3v) is 10.9. The quantitative estimate of drug-likeness (QED) is 0.147. The lowest BCUT2D eigenvalue weighted by Crippen LogP contribution is -2.01. The molecule has 0 atom stereocenters. The molecule has 1 heterocycles. The fraction of sp³-hybridized carbons (Fsp3) is 0. The molecule has 282 valence electrons.